The molecule has 1 saturated heterocycles. The van der Waals surface area contributed by atoms with E-state index in [1.54, 1.807) is 12.1 Å². The van der Waals surface area contributed by atoms with Crippen LogP contribution in [0, 0.1) is 5.82 Å². The first-order chi connectivity index (χ1) is 14.9. The van der Waals surface area contributed by atoms with Crippen LogP contribution >= 0.6 is 0 Å². The van der Waals surface area contributed by atoms with Crippen LogP contribution < -0.4 is 5.32 Å². The smallest absolute Gasteiger partial charge is 0.237 e. The minimum atomic E-state index is -0.251. The van der Waals surface area contributed by atoms with Gasteiger partial charge in [-0.05, 0) is 44.4 Å². The van der Waals surface area contributed by atoms with Crippen molar-refractivity contribution in [1.82, 2.24) is 20.0 Å². The molecule has 31 heavy (non-hydrogen) atoms. The van der Waals surface area contributed by atoms with E-state index in [0.717, 1.165) is 57.4 Å². The number of rotatable bonds is 8. The van der Waals surface area contributed by atoms with Crippen molar-refractivity contribution >= 4 is 11.8 Å². The third-order valence-electron chi connectivity index (χ3n) is 6.24. The summed E-state index contributed by atoms with van der Waals surface area (Å²) in [7, 11) is 0. The van der Waals surface area contributed by atoms with E-state index in [4.69, 9.17) is 0 Å². The van der Waals surface area contributed by atoms with Crippen molar-refractivity contribution in [3.63, 3.8) is 0 Å². The van der Waals surface area contributed by atoms with Crippen molar-refractivity contribution in [2.45, 2.75) is 64.6 Å². The van der Waals surface area contributed by atoms with Crippen molar-refractivity contribution in [3.8, 4) is 0 Å². The number of carbonyl (C=O) groups is 2. The maximum absolute atomic E-state index is 13.3. The normalized spacial score (nSPS) is 18.8. The van der Waals surface area contributed by atoms with Gasteiger partial charge in [-0.2, -0.15) is 0 Å². The van der Waals surface area contributed by atoms with Crippen LogP contribution in [0.2, 0.25) is 0 Å². The summed E-state index contributed by atoms with van der Waals surface area (Å²) < 4.78 is 13.3. The fourth-order valence-electron chi connectivity index (χ4n) is 4.56. The van der Waals surface area contributed by atoms with Crippen molar-refractivity contribution in [1.29, 1.82) is 0 Å². The molecule has 1 aromatic rings. The Balaban J connectivity index is 1.54. The van der Waals surface area contributed by atoms with E-state index >= 15 is 0 Å². The lowest BCUT2D eigenvalue weighted by molar-refractivity contribution is -0.137. The molecular weight excluding hydrogens is 395 g/mol. The largest absolute Gasteiger partial charge is 0.353 e. The molecule has 0 unspecified atom stereocenters. The number of amides is 2. The number of hydrogen-bond acceptors (Lipinski definition) is 4. The van der Waals surface area contributed by atoms with Crippen LogP contribution in [0.1, 0.15) is 51.5 Å². The minimum absolute atomic E-state index is 0.0577. The standard InChI is InChI=1S/C24H37FN4O2/c1-19(2)26-23(30)17-27-12-14-28(15-13-27)18-24(31)29(22-6-4-3-5-7-22)16-20-8-10-21(25)11-9-20/h8-11,19,22H,3-7,12-18H2,1-2H3,(H,26,30). The highest BCUT2D eigenvalue weighted by molar-refractivity contribution is 5.79. The Bertz CT molecular complexity index is 711. The molecule has 1 aromatic carbocycles. The first-order valence-corrected chi connectivity index (χ1v) is 11.7. The molecule has 0 bridgehead atoms. The summed E-state index contributed by atoms with van der Waals surface area (Å²) >= 11 is 0. The van der Waals surface area contributed by atoms with Gasteiger partial charge in [0.05, 0.1) is 13.1 Å². The average Bonchev–Trinajstić information content (AvgIpc) is 2.74. The van der Waals surface area contributed by atoms with Crippen LogP contribution in [-0.4, -0.2) is 77.9 Å². The lowest BCUT2D eigenvalue weighted by Gasteiger charge is -2.38. The van der Waals surface area contributed by atoms with E-state index in [1.807, 2.05) is 18.7 Å². The van der Waals surface area contributed by atoms with E-state index in [1.165, 1.54) is 18.6 Å². The van der Waals surface area contributed by atoms with Crippen LogP contribution in [0.25, 0.3) is 0 Å². The molecule has 7 heteroatoms. The second kappa shape index (κ2) is 11.6. The molecule has 0 radical (unpaired) electrons. The van der Waals surface area contributed by atoms with E-state index < -0.39 is 0 Å². The van der Waals surface area contributed by atoms with Gasteiger partial charge in [0.15, 0.2) is 0 Å². The van der Waals surface area contributed by atoms with Gasteiger partial charge in [-0.3, -0.25) is 19.4 Å². The Kier molecular flexibility index (Phi) is 8.84. The van der Waals surface area contributed by atoms with Crippen LogP contribution in [0.15, 0.2) is 24.3 Å². The molecule has 1 N–H and O–H groups in total. The Morgan fingerprint density at radius 3 is 2.16 bits per heavy atom. The zero-order chi connectivity index (χ0) is 22.2. The Morgan fingerprint density at radius 2 is 1.58 bits per heavy atom. The van der Waals surface area contributed by atoms with Gasteiger partial charge in [0.25, 0.3) is 0 Å². The summed E-state index contributed by atoms with van der Waals surface area (Å²) in [6.45, 7) is 8.45. The van der Waals surface area contributed by atoms with Crippen molar-refractivity contribution in [2.75, 3.05) is 39.3 Å². The number of halogens is 1. The van der Waals surface area contributed by atoms with Gasteiger partial charge in [0.1, 0.15) is 5.82 Å². The molecule has 2 aliphatic rings. The number of nitrogens with zero attached hydrogens (tertiary/aromatic N) is 3. The molecule has 0 aromatic heterocycles. The lowest BCUT2D eigenvalue weighted by Crippen LogP contribution is -2.53. The third kappa shape index (κ3) is 7.58. The maximum Gasteiger partial charge on any atom is 0.237 e. The molecule has 6 nitrogen and oxygen atoms in total. The maximum atomic E-state index is 13.3. The average molecular weight is 433 g/mol. The summed E-state index contributed by atoms with van der Waals surface area (Å²) in [5.41, 5.74) is 0.973. The molecule has 1 heterocycles. The Labute approximate surface area is 185 Å². The Morgan fingerprint density at radius 1 is 1.00 bits per heavy atom. The number of hydrogen-bond donors (Lipinski definition) is 1. The highest BCUT2D eigenvalue weighted by Gasteiger charge is 2.28. The Hall–Kier alpha value is -1.99. The highest BCUT2D eigenvalue weighted by Crippen LogP contribution is 2.24. The number of carbonyl (C=O) groups excluding carboxylic acids is 2. The molecule has 0 atom stereocenters. The number of benzene rings is 1. The fourth-order valence-corrected chi connectivity index (χ4v) is 4.56. The van der Waals surface area contributed by atoms with E-state index in [9.17, 15) is 14.0 Å². The van der Waals surface area contributed by atoms with Gasteiger partial charge < -0.3 is 10.2 Å². The summed E-state index contributed by atoms with van der Waals surface area (Å²) in [5, 5.41) is 2.93. The summed E-state index contributed by atoms with van der Waals surface area (Å²) in [6.07, 6.45) is 5.66. The molecule has 0 spiro atoms. The first kappa shape index (κ1) is 23.7. The third-order valence-corrected chi connectivity index (χ3v) is 6.24. The summed E-state index contributed by atoms with van der Waals surface area (Å²) in [4.78, 5) is 31.7. The number of piperazine rings is 1. The van der Waals surface area contributed by atoms with Gasteiger partial charge in [-0.1, -0.05) is 31.4 Å². The van der Waals surface area contributed by atoms with Gasteiger partial charge >= 0.3 is 0 Å². The molecular formula is C24H37FN4O2. The van der Waals surface area contributed by atoms with Crippen LogP contribution in [0.4, 0.5) is 4.39 Å². The van der Waals surface area contributed by atoms with Crippen LogP contribution in [0.3, 0.4) is 0 Å². The predicted molar refractivity (Wildman–Crippen MR) is 120 cm³/mol. The van der Waals surface area contributed by atoms with Gasteiger partial charge in [-0.15, -0.1) is 0 Å². The monoisotopic (exact) mass is 432 g/mol. The zero-order valence-corrected chi connectivity index (χ0v) is 19.0. The number of nitrogens with one attached hydrogen (secondary N) is 1. The van der Waals surface area contributed by atoms with E-state index in [-0.39, 0.29) is 29.7 Å². The minimum Gasteiger partial charge on any atom is -0.353 e. The molecule has 3 rings (SSSR count). The van der Waals surface area contributed by atoms with Crippen molar-refractivity contribution in [3.05, 3.63) is 35.6 Å². The zero-order valence-electron chi connectivity index (χ0n) is 19.0. The quantitative estimate of drug-likeness (QED) is 0.686. The van der Waals surface area contributed by atoms with E-state index in [0.29, 0.717) is 19.6 Å². The molecule has 1 aliphatic heterocycles. The van der Waals surface area contributed by atoms with Crippen LogP contribution in [-0.2, 0) is 16.1 Å². The fraction of sp³-hybridized carbons (Fsp3) is 0.667. The van der Waals surface area contributed by atoms with Gasteiger partial charge in [0.2, 0.25) is 11.8 Å². The van der Waals surface area contributed by atoms with Crippen molar-refractivity contribution in [2.24, 2.45) is 0 Å². The second-order valence-corrected chi connectivity index (χ2v) is 9.21. The molecule has 1 aliphatic carbocycles. The molecule has 172 valence electrons. The summed E-state index contributed by atoms with van der Waals surface area (Å²) in [6, 6.07) is 6.91. The first-order valence-electron chi connectivity index (χ1n) is 11.7. The summed E-state index contributed by atoms with van der Waals surface area (Å²) in [5.74, 6) is -0.0382. The van der Waals surface area contributed by atoms with Gasteiger partial charge in [-0.25, -0.2) is 4.39 Å². The second-order valence-electron chi connectivity index (χ2n) is 9.21. The van der Waals surface area contributed by atoms with Crippen molar-refractivity contribution < 1.29 is 14.0 Å². The molecule has 2 fully saturated rings. The van der Waals surface area contributed by atoms with E-state index in [2.05, 4.69) is 15.1 Å². The topological polar surface area (TPSA) is 55.9 Å². The van der Waals surface area contributed by atoms with Crippen LogP contribution in [0.5, 0.6) is 0 Å². The molecule has 1 saturated carbocycles. The SMILES string of the molecule is CC(C)NC(=O)CN1CCN(CC(=O)N(Cc2ccc(F)cc2)C2CCCCC2)CC1. The highest BCUT2D eigenvalue weighted by atomic mass is 19.1. The lowest BCUT2D eigenvalue weighted by atomic mass is 9.93. The molecule has 2 amide bonds. The van der Waals surface area contributed by atoms with Gasteiger partial charge in [0, 0.05) is 44.8 Å². The predicted octanol–water partition coefficient (Wildman–Crippen LogP) is 2.63.